The number of nitrogens with one attached hydrogen (secondary N) is 2. The third-order valence-corrected chi connectivity index (χ3v) is 3.97. The second-order valence-corrected chi connectivity index (χ2v) is 5.04. The van der Waals surface area contributed by atoms with Crippen LogP contribution in [-0.4, -0.2) is 40.3 Å². The van der Waals surface area contributed by atoms with Crippen molar-refractivity contribution in [1.29, 1.82) is 0 Å². The molecule has 0 saturated carbocycles. The van der Waals surface area contributed by atoms with E-state index in [0.29, 0.717) is 6.04 Å². The Bertz CT molecular complexity index is 322. The zero-order valence-electron chi connectivity index (χ0n) is 9.65. The van der Waals surface area contributed by atoms with Gasteiger partial charge in [0.2, 0.25) is 0 Å². The highest BCUT2D eigenvalue weighted by Crippen LogP contribution is 2.26. The van der Waals surface area contributed by atoms with Gasteiger partial charge in [0.25, 0.3) is 0 Å². The Morgan fingerprint density at radius 2 is 2.44 bits per heavy atom. The van der Waals surface area contributed by atoms with Crippen LogP contribution in [0.2, 0.25) is 0 Å². The number of nitrogens with zero attached hydrogens (tertiary/aromatic N) is 2. The van der Waals surface area contributed by atoms with Crippen molar-refractivity contribution >= 4 is 0 Å². The maximum atomic E-state index is 3.97. The van der Waals surface area contributed by atoms with E-state index in [0.717, 1.165) is 12.6 Å². The fourth-order valence-corrected chi connectivity index (χ4v) is 3.05. The summed E-state index contributed by atoms with van der Waals surface area (Å²) in [6, 6.07) is 1.56. The molecule has 2 saturated heterocycles. The summed E-state index contributed by atoms with van der Waals surface area (Å²) in [5, 5.41) is 10.5. The van der Waals surface area contributed by atoms with Crippen molar-refractivity contribution in [3.63, 3.8) is 0 Å². The Balaban J connectivity index is 1.49. The summed E-state index contributed by atoms with van der Waals surface area (Å²) in [6.07, 6.45) is 9.31. The summed E-state index contributed by atoms with van der Waals surface area (Å²) < 4.78 is 0. The molecular formula is C12H20N4. The highest BCUT2D eigenvalue weighted by Gasteiger charge is 2.31. The first-order valence-corrected chi connectivity index (χ1v) is 6.37. The molecule has 0 aromatic carbocycles. The van der Waals surface area contributed by atoms with Gasteiger partial charge in [-0.1, -0.05) is 0 Å². The monoisotopic (exact) mass is 220 g/mol. The SMILES string of the molecule is c1n[nH]cc1CNC1CCN2CCCC2C1. The van der Waals surface area contributed by atoms with Crippen LogP contribution in [0.25, 0.3) is 0 Å². The maximum absolute atomic E-state index is 3.97. The molecule has 0 aliphatic carbocycles. The molecule has 3 rings (SSSR count). The van der Waals surface area contributed by atoms with Gasteiger partial charge >= 0.3 is 0 Å². The molecule has 2 aliphatic rings. The molecule has 2 aliphatic heterocycles. The first kappa shape index (κ1) is 10.3. The molecule has 4 nitrogen and oxygen atoms in total. The largest absolute Gasteiger partial charge is 0.310 e. The topological polar surface area (TPSA) is 44.0 Å². The standard InChI is InChI=1S/C12H20N4/c1-2-12-6-11(3-5-16(12)4-1)13-7-10-8-14-15-9-10/h8-9,11-13H,1-7H2,(H,14,15). The Morgan fingerprint density at radius 3 is 3.31 bits per heavy atom. The van der Waals surface area contributed by atoms with Crippen molar-refractivity contribution in [1.82, 2.24) is 20.4 Å². The number of rotatable bonds is 3. The quantitative estimate of drug-likeness (QED) is 0.802. The van der Waals surface area contributed by atoms with E-state index in [2.05, 4.69) is 20.4 Å². The smallest absolute Gasteiger partial charge is 0.0532 e. The van der Waals surface area contributed by atoms with E-state index in [1.165, 1.54) is 44.3 Å². The van der Waals surface area contributed by atoms with E-state index in [1.807, 2.05) is 12.4 Å². The van der Waals surface area contributed by atoms with Crippen LogP contribution in [-0.2, 0) is 6.54 Å². The lowest BCUT2D eigenvalue weighted by molar-refractivity contribution is 0.166. The lowest BCUT2D eigenvalue weighted by atomic mass is 9.97. The van der Waals surface area contributed by atoms with E-state index in [9.17, 15) is 0 Å². The van der Waals surface area contributed by atoms with Crippen LogP contribution in [0.3, 0.4) is 0 Å². The molecule has 0 spiro atoms. The van der Waals surface area contributed by atoms with Gasteiger partial charge in [-0.15, -0.1) is 0 Å². The van der Waals surface area contributed by atoms with Crippen molar-refractivity contribution < 1.29 is 0 Å². The lowest BCUT2D eigenvalue weighted by Gasteiger charge is -2.35. The Hall–Kier alpha value is -0.870. The second kappa shape index (κ2) is 4.55. The third-order valence-electron chi connectivity index (χ3n) is 3.97. The van der Waals surface area contributed by atoms with Crippen LogP contribution in [0, 0.1) is 0 Å². The van der Waals surface area contributed by atoms with Gasteiger partial charge in [0.15, 0.2) is 0 Å². The number of aromatic amines is 1. The van der Waals surface area contributed by atoms with Crippen LogP contribution in [0.4, 0.5) is 0 Å². The van der Waals surface area contributed by atoms with Crippen molar-refractivity contribution in [2.24, 2.45) is 0 Å². The molecule has 1 aromatic rings. The molecule has 4 heteroatoms. The number of H-pyrrole nitrogens is 1. The Kier molecular flexibility index (Phi) is 2.93. The predicted octanol–water partition coefficient (Wildman–Crippen LogP) is 1.13. The maximum Gasteiger partial charge on any atom is 0.0532 e. The minimum Gasteiger partial charge on any atom is -0.310 e. The average Bonchev–Trinajstić information content (AvgIpc) is 2.97. The molecule has 0 radical (unpaired) electrons. The van der Waals surface area contributed by atoms with E-state index in [4.69, 9.17) is 0 Å². The highest BCUT2D eigenvalue weighted by atomic mass is 15.2. The molecule has 3 heterocycles. The first-order chi connectivity index (χ1) is 7.92. The third kappa shape index (κ3) is 2.13. The van der Waals surface area contributed by atoms with Gasteiger partial charge < -0.3 is 10.2 Å². The van der Waals surface area contributed by atoms with E-state index in [-0.39, 0.29) is 0 Å². The number of fused-ring (bicyclic) bond motifs is 1. The van der Waals surface area contributed by atoms with Crippen molar-refractivity contribution in [2.45, 2.75) is 44.3 Å². The number of piperidine rings is 1. The van der Waals surface area contributed by atoms with E-state index >= 15 is 0 Å². The Labute approximate surface area is 96.4 Å². The molecule has 16 heavy (non-hydrogen) atoms. The van der Waals surface area contributed by atoms with Crippen LogP contribution < -0.4 is 5.32 Å². The van der Waals surface area contributed by atoms with Gasteiger partial charge in [0, 0.05) is 30.4 Å². The molecule has 88 valence electrons. The average molecular weight is 220 g/mol. The fraction of sp³-hybridized carbons (Fsp3) is 0.750. The van der Waals surface area contributed by atoms with Crippen molar-refractivity contribution in [2.75, 3.05) is 13.1 Å². The summed E-state index contributed by atoms with van der Waals surface area (Å²) >= 11 is 0. The first-order valence-electron chi connectivity index (χ1n) is 6.37. The molecular weight excluding hydrogens is 200 g/mol. The molecule has 0 bridgehead atoms. The lowest BCUT2D eigenvalue weighted by Crippen LogP contribution is -2.45. The predicted molar refractivity (Wildman–Crippen MR) is 63.0 cm³/mol. The Morgan fingerprint density at radius 1 is 1.44 bits per heavy atom. The molecule has 2 atom stereocenters. The van der Waals surface area contributed by atoms with Crippen LogP contribution in [0.5, 0.6) is 0 Å². The number of aromatic nitrogens is 2. The van der Waals surface area contributed by atoms with Crippen molar-refractivity contribution in [3.8, 4) is 0 Å². The van der Waals surface area contributed by atoms with Gasteiger partial charge in [-0.05, 0) is 38.8 Å². The molecule has 2 fully saturated rings. The normalized spacial score (nSPS) is 30.5. The van der Waals surface area contributed by atoms with E-state index < -0.39 is 0 Å². The summed E-state index contributed by atoms with van der Waals surface area (Å²) in [5.74, 6) is 0. The van der Waals surface area contributed by atoms with Gasteiger partial charge in [-0.3, -0.25) is 5.10 Å². The number of hydrogen-bond donors (Lipinski definition) is 2. The summed E-state index contributed by atoms with van der Waals surface area (Å²) in [5.41, 5.74) is 1.26. The molecule has 2 unspecified atom stereocenters. The second-order valence-electron chi connectivity index (χ2n) is 5.04. The number of hydrogen-bond acceptors (Lipinski definition) is 3. The minimum atomic E-state index is 0.703. The molecule has 2 N–H and O–H groups in total. The summed E-state index contributed by atoms with van der Waals surface area (Å²) in [6.45, 7) is 3.57. The zero-order valence-corrected chi connectivity index (χ0v) is 9.65. The summed E-state index contributed by atoms with van der Waals surface area (Å²) in [7, 11) is 0. The van der Waals surface area contributed by atoms with Crippen LogP contribution in [0.1, 0.15) is 31.2 Å². The molecule has 1 aromatic heterocycles. The van der Waals surface area contributed by atoms with E-state index in [1.54, 1.807) is 0 Å². The highest BCUT2D eigenvalue weighted by molar-refractivity contribution is 5.02. The van der Waals surface area contributed by atoms with Crippen LogP contribution >= 0.6 is 0 Å². The minimum absolute atomic E-state index is 0.703. The summed E-state index contributed by atoms with van der Waals surface area (Å²) in [4.78, 5) is 2.66. The van der Waals surface area contributed by atoms with Gasteiger partial charge in [0.1, 0.15) is 0 Å². The zero-order chi connectivity index (χ0) is 10.8. The van der Waals surface area contributed by atoms with Gasteiger partial charge in [-0.25, -0.2) is 0 Å². The van der Waals surface area contributed by atoms with Crippen molar-refractivity contribution in [3.05, 3.63) is 18.0 Å². The van der Waals surface area contributed by atoms with Gasteiger partial charge in [-0.2, -0.15) is 5.10 Å². The fourth-order valence-electron chi connectivity index (χ4n) is 3.05. The van der Waals surface area contributed by atoms with Gasteiger partial charge in [0.05, 0.1) is 6.20 Å². The van der Waals surface area contributed by atoms with Crippen LogP contribution in [0.15, 0.2) is 12.4 Å². The molecule has 0 amide bonds.